The highest BCUT2D eigenvalue weighted by atomic mass is 35.5. The summed E-state index contributed by atoms with van der Waals surface area (Å²) >= 11 is 6.66. The van der Waals surface area contributed by atoms with Crippen LogP contribution < -0.4 is 0 Å². The number of hydrogen-bond donors (Lipinski definition) is 0. The number of furan rings is 1. The minimum absolute atomic E-state index is 0.197. The van der Waals surface area contributed by atoms with E-state index in [0.29, 0.717) is 48.6 Å². The van der Waals surface area contributed by atoms with Crippen molar-refractivity contribution >= 4 is 34.4 Å². The van der Waals surface area contributed by atoms with Gasteiger partial charge in [-0.1, -0.05) is 11.6 Å². The van der Waals surface area contributed by atoms with E-state index in [9.17, 15) is 14.0 Å². The largest absolute Gasteiger partial charge is 0.459 e. The second kappa shape index (κ2) is 8.32. The van der Waals surface area contributed by atoms with E-state index in [2.05, 4.69) is 10.1 Å². The Kier molecular flexibility index (Phi) is 5.33. The lowest BCUT2D eigenvalue weighted by molar-refractivity contribution is 0.0518. The number of fused-ring (bicyclic) bond motifs is 1. The predicted molar refractivity (Wildman–Crippen MR) is 119 cm³/mol. The molecule has 1 aliphatic rings. The molecule has 10 heteroatoms. The van der Waals surface area contributed by atoms with Crippen LogP contribution in [0.5, 0.6) is 0 Å². The smallest absolute Gasteiger partial charge is 0.289 e. The number of aryl methyl sites for hydroxylation is 1. The van der Waals surface area contributed by atoms with E-state index < -0.39 is 0 Å². The fourth-order valence-corrected chi connectivity index (χ4v) is 4.31. The van der Waals surface area contributed by atoms with Crippen LogP contribution in [0, 0.1) is 12.7 Å². The Morgan fingerprint density at radius 2 is 1.70 bits per heavy atom. The normalized spacial score (nSPS) is 14.2. The first-order valence-electron chi connectivity index (χ1n) is 10.4. The van der Waals surface area contributed by atoms with Crippen LogP contribution in [0.25, 0.3) is 16.7 Å². The lowest BCUT2D eigenvalue weighted by Crippen LogP contribution is -2.50. The highest BCUT2D eigenvalue weighted by Gasteiger charge is 2.29. The van der Waals surface area contributed by atoms with E-state index in [1.807, 2.05) is 0 Å². The van der Waals surface area contributed by atoms with E-state index >= 15 is 0 Å². The maximum absolute atomic E-state index is 13.3. The summed E-state index contributed by atoms with van der Waals surface area (Å²) in [6.45, 7) is 3.30. The van der Waals surface area contributed by atoms with Crippen molar-refractivity contribution in [2.45, 2.75) is 6.92 Å². The van der Waals surface area contributed by atoms with Crippen LogP contribution in [0.2, 0.25) is 5.02 Å². The van der Waals surface area contributed by atoms with Gasteiger partial charge in [-0.15, -0.1) is 0 Å². The Balaban J connectivity index is 1.38. The number of piperazine rings is 1. The molecule has 1 fully saturated rings. The summed E-state index contributed by atoms with van der Waals surface area (Å²) in [7, 11) is 0. The molecular weight excluding hydrogens is 449 g/mol. The van der Waals surface area contributed by atoms with Crippen molar-refractivity contribution in [1.29, 1.82) is 0 Å². The zero-order valence-electron chi connectivity index (χ0n) is 17.7. The van der Waals surface area contributed by atoms with E-state index in [0.717, 1.165) is 0 Å². The molecule has 8 nitrogen and oxygen atoms in total. The number of pyridine rings is 1. The monoisotopic (exact) mass is 467 g/mol. The van der Waals surface area contributed by atoms with Crippen LogP contribution in [-0.2, 0) is 0 Å². The van der Waals surface area contributed by atoms with Crippen molar-refractivity contribution < 1.29 is 18.4 Å². The van der Waals surface area contributed by atoms with Gasteiger partial charge in [0.05, 0.1) is 33.6 Å². The highest BCUT2D eigenvalue weighted by molar-refractivity contribution is 6.38. The molecule has 0 radical (unpaired) electrons. The van der Waals surface area contributed by atoms with Crippen LogP contribution >= 0.6 is 11.6 Å². The summed E-state index contributed by atoms with van der Waals surface area (Å²) in [6.07, 6.45) is 2.90. The van der Waals surface area contributed by atoms with Gasteiger partial charge in [0.15, 0.2) is 11.4 Å². The summed E-state index contributed by atoms with van der Waals surface area (Å²) in [5.41, 5.74) is 2.00. The summed E-state index contributed by atoms with van der Waals surface area (Å²) in [5.74, 6) is -0.525. The summed E-state index contributed by atoms with van der Waals surface area (Å²) < 4.78 is 20.1. The minimum Gasteiger partial charge on any atom is -0.459 e. The first kappa shape index (κ1) is 21.1. The van der Waals surface area contributed by atoms with Crippen LogP contribution in [0.3, 0.4) is 0 Å². The zero-order chi connectivity index (χ0) is 23.1. The number of halogens is 2. The Hall–Kier alpha value is -3.72. The Labute approximate surface area is 193 Å². The van der Waals surface area contributed by atoms with Crippen molar-refractivity contribution in [3.63, 3.8) is 0 Å². The van der Waals surface area contributed by atoms with Crippen LogP contribution in [0.4, 0.5) is 4.39 Å². The predicted octanol–water partition coefficient (Wildman–Crippen LogP) is 3.71. The third-order valence-electron chi connectivity index (χ3n) is 5.70. The average molecular weight is 468 g/mol. The van der Waals surface area contributed by atoms with Gasteiger partial charge in [0.1, 0.15) is 5.82 Å². The average Bonchev–Trinajstić information content (AvgIpc) is 3.48. The van der Waals surface area contributed by atoms with Crippen molar-refractivity contribution in [2.24, 2.45) is 0 Å². The first-order valence-corrected chi connectivity index (χ1v) is 10.7. The molecule has 0 saturated carbocycles. The fourth-order valence-electron chi connectivity index (χ4n) is 3.96. The van der Waals surface area contributed by atoms with Gasteiger partial charge in [-0.2, -0.15) is 5.10 Å². The minimum atomic E-state index is -0.350. The molecule has 2 amide bonds. The fraction of sp³-hybridized carbons (Fsp3) is 0.217. The molecule has 0 N–H and O–H groups in total. The molecule has 1 aliphatic heterocycles. The Morgan fingerprint density at radius 3 is 2.33 bits per heavy atom. The number of carbonyl (C=O) groups excluding carboxylic acids is 2. The number of rotatable bonds is 3. The first-order chi connectivity index (χ1) is 15.9. The quantitative estimate of drug-likeness (QED) is 0.458. The lowest BCUT2D eigenvalue weighted by Gasteiger charge is -2.34. The highest BCUT2D eigenvalue weighted by Crippen LogP contribution is 2.31. The summed E-state index contributed by atoms with van der Waals surface area (Å²) in [5, 5.41) is 5.32. The molecule has 4 heterocycles. The molecule has 1 aromatic carbocycles. The second-order valence-electron chi connectivity index (χ2n) is 7.72. The maximum Gasteiger partial charge on any atom is 0.289 e. The number of hydrogen-bond acceptors (Lipinski definition) is 5. The SMILES string of the molecule is Cc1nn(-c2ccc(F)cc2)c2ncc(C(=O)N3CCN(C(=O)c4ccco4)CC3)c(Cl)c12. The van der Waals surface area contributed by atoms with E-state index in [4.69, 9.17) is 16.0 Å². The number of nitrogens with zero attached hydrogens (tertiary/aromatic N) is 5. The Morgan fingerprint density at radius 1 is 1.03 bits per heavy atom. The van der Waals surface area contributed by atoms with Gasteiger partial charge < -0.3 is 14.2 Å². The molecule has 3 aromatic heterocycles. The van der Waals surface area contributed by atoms with Gasteiger partial charge in [-0.05, 0) is 43.3 Å². The van der Waals surface area contributed by atoms with Gasteiger partial charge in [0.25, 0.3) is 11.8 Å². The summed E-state index contributed by atoms with van der Waals surface area (Å²) in [6, 6.07) is 9.16. The topological polar surface area (TPSA) is 84.5 Å². The van der Waals surface area contributed by atoms with Gasteiger partial charge in [0, 0.05) is 32.4 Å². The van der Waals surface area contributed by atoms with E-state index in [1.54, 1.807) is 45.7 Å². The molecule has 5 rings (SSSR count). The number of aromatic nitrogens is 3. The van der Waals surface area contributed by atoms with Gasteiger partial charge in [0.2, 0.25) is 0 Å². The van der Waals surface area contributed by atoms with Crippen molar-refractivity contribution in [1.82, 2.24) is 24.6 Å². The van der Waals surface area contributed by atoms with Crippen LogP contribution in [0.15, 0.2) is 53.3 Å². The number of carbonyl (C=O) groups is 2. The van der Waals surface area contributed by atoms with Crippen LogP contribution in [-0.4, -0.2) is 62.6 Å². The molecule has 4 aromatic rings. The molecule has 1 saturated heterocycles. The molecular formula is C23H19ClFN5O3. The molecule has 0 atom stereocenters. The maximum atomic E-state index is 13.3. The third kappa shape index (κ3) is 3.74. The van der Waals surface area contributed by atoms with Gasteiger partial charge in [-0.3, -0.25) is 9.59 Å². The molecule has 168 valence electrons. The van der Waals surface area contributed by atoms with Gasteiger partial charge >= 0.3 is 0 Å². The number of amides is 2. The molecule has 0 aliphatic carbocycles. The number of benzene rings is 1. The Bertz CT molecular complexity index is 1340. The van der Waals surface area contributed by atoms with E-state index in [1.165, 1.54) is 24.6 Å². The standard InChI is InChI=1S/C23H19ClFN5O3/c1-14-19-20(24)17(13-26-21(19)30(27-14)16-6-4-15(25)5-7-16)22(31)28-8-10-29(11-9-28)23(32)18-3-2-12-33-18/h2-7,12-13H,8-11H2,1H3. The van der Waals surface area contributed by atoms with Crippen molar-refractivity contribution in [3.05, 3.63) is 76.7 Å². The van der Waals surface area contributed by atoms with Crippen molar-refractivity contribution in [2.75, 3.05) is 26.2 Å². The van der Waals surface area contributed by atoms with Crippen molar-refractivity contribution in [3.8, 4) is 5.69 Å². The lowest BCUT2D eigenvalue weighted by atomic mass is 10.1. The summed E-state index contributed by atoms with van der Waals surface area (Å²) in [4.78, 5) is 33.4. The zero-order valence-corrected chi connectivity index (χ0v) is 18.4. The van der Waals surface area contributed by atoms with Gasteiger partial charge in [-0.25, -0.2) is 14.1 Å². The molecule has 33 heavy (non-hydrogen) atoms. The van der Waals surface area contributed by atoms with E-state index in [-0.39, 0.29) is 34.0 Å². The second-order valence-corrected chi connectivity index (χ2v) is 8.10. The van der Waals surface area contributed by atoms with Crippen LogP contribution in [0.1, 0.15) is 26.6 Å². The third-order valence-corrected chi connectivity index (χ3v) is 6.09. The molecule has 0 unspecified atom stereocenters. The molecule has 0 spiro atoms. The molecule has 0 bridgehead atoms.